The summed E-state index contributed by atoms with van der Waals surface area (Å²) in [4.78, 5) is 4.23. The second kappa shape index (κ2) is 7.26. The van der Waals surface area contributed by atoms with Gasteiger partial charge in [0.05, 0.1) is 13.2 Å². The van der Waals surface area contributed by atoms with Crippen LogP contribution in [0.3, 0.4) is 0 Å². The number of guanidine groups is 1. The highest BCUT2D eigenvalue weighted by Gasteiger charge is 2.02. The van der Waals surface area contributed by atoms with E-state index in [2.05, 4.69) is 31.7 Å². The van der Waals surface area contributed by atoms with Gasteiger partial charge in [0.2, 0.25) is 5.96 Å². The van der Waals surface area contributed by atoms with E-state index < -0.39 is 0 Å². The van der Waals surface area contributed by atoms with Gasteiger partial charge in [-0.3, -0.25) is 5.43 Å². The summed E-state index contributed by atoms with van der Waals surface area (Å²) in [6.07, 6.45) is 0. The first-order valence-electron chi connectivity index (χ1n) is 5.20. The summed E-state index contributed by atoms with van der Waals surface area (Å²) in [6.45, 7) is 3.12. The molecule has 0 bridgehead atoms. The number of anilines is 1. The smallest absolute Gasteiger partial charge is 0.210 e. The Hall–Kier alpha value is -1.11. The molecule has 0 atom stereocenters. The van der Waals surface area contributed by atoms with Crippen LogP contribution in [-0.4, -0.2) is 26.2 Å². The average molecular weight is 301 g/mol. The molecule has 0 radical (unpaired) electrons. The van der Waals surface area contributed by atoms with E-state index in [9.17, 15) is 0 Å². The van der Waals surface area contributed by atoms with Gasteiger partial charge in [-0.1, -0.05) is 22.0 Å². The quantitative estimate of drug-likeness (QED) is 0.260. The van der Waals surface area contributed by atoms with Crippen LogP contribution in [0.4, 0.5) is 5.69 Å². The van der Waals surface area contributed by atoms with Crippen LogP contribution in [-0.2, 0) is 4.74 Å². The van der Waals surface area contributed by atoms with Crippen LogP contribution >= 0.6 is 15.9 Å². The Bertz CT molecular complexity index is 395. The zero-order chi connectivity index (χ0) is 12.7. The number of hydrogen-bond donors (Lipinski definition) is 3. The molecule has 1 aromatic carbocycles. The third-order valence-electron chi connectivity index (χ3n) is 2.15. The second-order valence-electron chi connectivity index (χ2n) is 3.45. The molecule has 1 rings (SSSR count). The first kappa shape index (κ1) is 14.0. The molecule has 0 amide bonds. The summed E-state index contributed by atoms with van der Waals surface area (Å²) >= 11 is 3.42. The van der Waals surface area contributed by atoms with Crippen molar-refractivity contribution in [1.29, 1.82) is 0 Å². The number of hydrogen-bond acceptors (Lipinski definition) is 3. The van der Waals surface area contributed by atoms with Gasteiger partial charge >= 0.3 is 0 Å². The summed E-state index contributed by atoms with van der Waals surface area (Å²) in [7, 11) is 1.64. The van der Waals surface area contributed by atoms with Crippen LogP contribution in [0.15, 0.2) is 27.7 Å². The van der Waals surface area contributed by atoms with Crippen molar-refractivity contribution in [1.82, 2.24) is 5.43 Å². The Morgan fingerprint density at radius 2 is 2.29 bits per heavy atom. The number of ether oxygens (including phenoxy) is 1. The molecule has 0 unspecified atom stereocenters. The van der Waals surface area contributed by atoms with Crippen molar-refractivity contribution in [3.8, 4) is 0 Å². The lowest BCUT2D eigenvalue weighted by Crippen LogP contribution is -2.36. The minimum absolute atomic E-state index is 0.517. The summed E-state index contributed by atoms with van der Waals surface area (Å²) in [6, 6.07) is 5.96. The second-order valence-corrected chi connectivity index (χ2v) is 4.37. The lowest BCUT2D eigenvalue weighted by molar-refractivity contribution is 0.208. The lowest BCUT2D eigenvalue weighted by atomic mass is 10.2. The van der Waals surface area contributed by atoms with Crippen LogP contribution in [0.1, 0.15) is 5.56 Å². The van der Waals surface area contributed by atoms with E-state index in [4.69, 9.17) is 10.6 Å². The molecule has 0 aromatic heterocycles. The molecule has 0 fully saturated rings. The molecule has 0 aliphatic heterocycles. The number of hydrazine groups is 1. The van der Waals surface area contributed by atoms with Crippen molar-refractivity contribution in [2.75, 3.05) is 25.6 Å². The minimum Gasteiger partial charge on any atom is -0.383 e. The zero-order valence-electron chi connectivity index (χ0n) is 9.96. The molecule has 0 aliphatic rings. The number of aryl methyl sites for hydroxylation is 1. The normalized spacial score (nSPS) is 11.4. The molecule has 4 N–H and O–H groups in total. The van der Waals surface area contributed by atoms with Crippen molar-refractivity contribution in [3.63, 3.8) is 0 Å². The van der Waals surface area contributed by atoms with Gasteiger partial charge in [0.1, 0.15) is 0 Å². The number of rotatable bonds is 4. The molecule has 1 aromatic rings. The highest BCUT2D eigenvalue weighted by molar-refractivity contribution is 9.10. The number of nitrogens with two attached hydrogens (primary N) is 1. The highest BCUT2D eigenvalue weighted by atomic mass is 79.9. The first-order valence-corrected chi connectivity index (χ1v) is 6.00. The summed E-state index contributed by atoms with van der Waals surface area (Å²) < 4.78 is 5.92. The van der Waals surface area contributed by atoms with Gasteiger partial charge in [-0.05, 0) is 24.6 Å². The third-order valence-corrected chi connectivity index (χ3v) is 2.65. The van der Waals surface area contributed by atoms with Gasteiger partial charge in [0.15, 0.2) is 0 Å². The Morgan fingerprint density at radius 1 is 1.53 bits per heavy atom. The molecular weight excluding hydrogens is 284 g/mol. The Labute approximate surface area is 110 Å². The van der Waals surface area contributed by atoms with Gasteiger partial charge < -0.3 is 10.1 Å². The number of halogens is 1. The van der Waals surface area contributed by atoms with Crippen molar-refractivity contribution in [2.45, 2.75) is 6.92 Å². The molecule has 6 heteroatoms. The molecule has 0 spiro atoms. The fraction of sp³-hybridized carbons (Fsp3) is 0.364. The highest BCUT2D eigenvalue weighted by Crippen LogP contribution is 2.20. The van der Waals surface area contributed by atoms with Gasteiger partial charge in [-0.25, -0.2) is 10.8 Å². The van der Waals surface area contributed by atoms with Gasteiger partial charge in [-0.15, -0.1) is 0 Å². The molecular formula is C11H17BrN4O. The predicted octanol–water partition coefficient (Wildman–Crippen LogP) is 1.64. The minimum atomic E-state index is 0.517. The lowest BCUT2D eigenvalue weighted by Gasteiger charge is -2.11. The maximum Gasteiger partial charge on any atom is 0.210 e. The maximum atomic E-state index is 5.40. The van der Waals surface area contributed by atoms with Gasteiger partial charge in [0, 0.05) is 17.3 Å². The van der Waals surface area contributed by atoms with E-state index >= 15 is 0 Å². The summed E-state index contributed by atoms with van der Waals surface area (Å²) in [5.74, 6) is 5.91. The Balaban J connectivity index is 2.73. The molecule has 5 nitrogen and oxygen atoms in total. The van der Waals surface area contributed by atoms with Crippen molar-refractivity contribution in [2.24, 2.45) is 10.8 Å². The van der Waals surface area contributed by atoms with Crippen molar-refractivity contribution >= 4 is 27.6 Å². The van der Waals surface area contributed by atoms with Crippen LogP contribution in [0.25, 0.3) is 0 Å². The van der Waals surface area contributed by atoms with Crippen LogP contribution < -0.4 is 16.6 Å². The maximum absolute atomic E-state index is 5.40. The van der Waals surface area contributed by atoms with E-state index in [1.807, 2.05) is 25.1 Å². The molecule has 0 aliphatic carbocycles. The van der Waals surface area contributed by atoms with Gasteiger partial charge in [0.25, 0.3) is 0 Å². The van der Waals surface area contributed by atoms with Crippen LogP contribution in [0.5, 0.6) is 0 Å². The summed E-state index contributed by atoms with van der Waals surface area (Å²) in [5, 5.41) is 3.13. The largest absolute Gasteiger partial charge is 0.383 e. The standard InChI is InChI=1S/C11H17BrN4O/c1-8-3-4-9(12)7-10(8)15-11(16-13)14-5-6-17-2/h3-4,7H,5-6,13H2,1-2H3,(H2,14,15,16). The first-order chi connectivity index (χ1) is 8.17. The van der Waals surface area contributed by atoms with E-state index in [-0.39, 0.29) is 0 Å². The molecule has 94 valence electrons. The third kappa shape index (κ3) is 4.72. The topological polar surface area (TPSA) is 71.7 Å². The molecule has 0 heterocycles. The fourth-order valence-corrected chi connectivity index (χ4v) is 1.59. The molecule has 17 heavy (non-hydrogen) atoms. The predicted molar refractivity (Wildman–Crippen MR) is 74.0 cm³/mol. The van der Waals surface area contributed by atoms with Gasteiger partial charge in [-0.2, -0.15) is 0 Å². The molecule has 0 saturated heterocycles. The Morgan fingerprint density at radius 3 is 2.94 bits per heavy atom. The Kier molecular flexibility index (Phi) is 5.96. The number of aliphatic imine (C=N–C) groups is 1. The monoisotopic (exact) mass is 300 g/mol. The fourth-order valence-electron chi connectivity index (χ4n) is 1.23. The summed E-state index contributed by atoms with van der Waals surface area (Å²) in [5.41, 5.74) is 4.59. The number of nitrogens with one attached hydrogen (secondary N) is 2. The van der Waals surface area contributed by atoms with E-state index in [1.54, 1.807) is 7.11 Å². The van der Waals surface area contributed by atoms with Crippen LogP contribution in [0, 0.1) is 6.92 Å². The van der Waals surface area contributed by atoms with E-state index in [0.29, 0.717) is 19.1 Å². The van der Waals surface area contributed by atoms with Crippen LogP contribution in [0.2, 0.25) is 0 Å². The molecule has 0 saturated carbocycles. The zero-order valence-corrected chi connectivity index (χ0v) is 11.5. The van der Waals surface area contributed by atoms with Crippen molar-refractivity contribution < 1.29 is 4.74 Å². The van der Waals surface area contributed by atoms with E-state index in [0.717, 1.165) is 15.7 Å². The number of methoxy groups -OCH3 is 1. The number of nitrogens with zero attached hydrogens (tertiary/aromatic N) is 1. The average Bonchev–Trinajstić information content (AvgIpc) is 2.32. The number of benzene rings is 1. The van der Waals surface area contributed by atoms with Crippen molar-refractivity contribution in [3.05, 3.63) is 28.2 Å². The SMILES string of the molecule is COCCN=C(NN)Nc1cc(Br)ccc1C. The van der Waals surface area contributed by atoms with E-state index in [1.165, 1.54) is 0 Å².